The Kier molecular flexibility index (Phi) is 4.54. The van der Waals surface area contributed by atoms with E-state index in [1.54, 1.807) is 17.0 Å². The Hall–Kier alpha value is -2.05. The Labute approximate surface area is 134 Å². The molecule has 3 heterocycles. The highest BCUT2D eigenvalue weighted by atomic mass is 19.1. The SMILES string of the molecule is O=C(NCc1ccco1)N1CCCC(F)(C(=O)N2CCCC2)C1. The van der Waals surface area contributed by atoms with Crippen LogP contribution in [-0.4, -0.2) is 53.6 Å². The Bertz CT molecular complexity index is 557. The third kappa shape index (κ3) is 3.48. The summed E-state index contributed by atoms with van der Waals surface area (Å²) >= 11 is 0. The first kappa shape index (κ1) is 15.8. The Morgan fingerprint density at radius 1 is 1.22 bits per heavy atom. The van der Waals surface area contributed by atoms with Crippen LogP contribution in [-0.2, 0) is 11.3 Å². The number of hydrogen-bond acceptors (Lipinski definition) is 3. The van der Waals surface area contributed by atoms with E-state index in [9.17, 15) is 9.59 Å². The van der Waals surface area contributed by atoms with E-state index in [0.29, 0.717) is 31.8 Å². The van der Waals surface area contributed by atoms with Crippen molar-refractivity contribution in [2.24, 2.45) is 0 Å². The smallest absolute Gasteiger partial charge is 0.317 e. The lowest BCUT2D eigenvalue weighted by atomic mass is 9.93. The standard InChI is InChI=1S/C16H22FN3O3/c17-16(14(21)19-7-1-2-8-19)6-4-9-20(12-16)15(22)18-11-13-5-3-10-23-13/h3,5,10H,1-2,4,6-9,11-12H2,(H,18,22). The number of carbonyl (C=O) groups excluding carboxylic acids is 2. The van der Waals surface area contributed by atoms with E-state index < -0.39 is 11.6 Å². The number of amides is 3. The van der Waals surface area contributed by atoms with Crippen LogP contribution in [0, 0.1) is 0 Å². The average Bonchev–Trinajstić information content (AvgIpc) is 3.25. The van der Waals surface area contributed by atoms with Gasteiger partial charge in [-0.3, -0.25) is 4.79 Å². The maximum Gasteiger partial charge on any atom is 0.317 e. The van der Waals surface area contributed by atoms with Gasteiger partial charge in [0, 0.05) is 19.6 Å². The van der Waals surface area contributed by atoms with E-state index in [0.717, 1.165) is 12.8 Å². The summed E-state index contributed by atoms with van der Waals surface area (Å²) in [5, 5.41) is 2.70. The predicted molar refractivity (Wildman–Crippen MR) is 81.4 cm³/mol. The first-order valence-corrected chi connectivity index (χ1v) is 8.12. The second kappa shape index (κ2) is 6.60. The molecule has 0 aromatic carbocycles. The molecule has 126 valence electrons. The van der Waals surface area contributed by atoms with Gasteiger partial charge in [0.15, 0.2) is 0 Å². The van der Waals surface area contributed by atoms with E-state index >= 15 is 4.39 Å². The van der Waals surface area contributed by atoms with Gasteiger partial charge < -0.3 is 19.5 Å². The lowest BCUT2D eigenvalue weighted by Crippen LogP contribution is -2.57. The van der Waals surface area contributed by atoms with Gasteiger partial charge in [-0.25, -0.2) is 9.18 Å². The van der Waals surface area contributed by atoms with Gasteiger partial charge in [0.2, 0.25) is 5.67 Å². The van der Waals surface area contributed by atoms with Crippen LogP contribution in [0.2, 0.25) is 0 Å². The fourth-order valence-corrected chi connectivity index (χ4v) is 3.25. The molecule has 1 atom stereocenters. The van der Waals surface area contributed by atoms with Gasteiger partial charge in [0.1, 0.15) is 5.76 Å². The quantitative estimate of drug-likeness (QED) is 0.924. The van der Waals surface area contributed by atoms with Gasteiger partial charge in [-0.2, -0.15) is 0 Å². The van der Waals surface area contributed by atoms with Gasteiger partial charge in [0.05, 0.1) is 19.4 Å². The summed E-state index contributed by atoms with van der Waals surface area (Å²) in [6.45, 7) is 1.78. The van der Waals surface area contributed by atoms with Crippen LogP contribution in [0.4, 0.5) is 9.18 Å². The van der Waals surface area contributed by atoms with Crippen molar-refractivity contribution < 1.29 is 18.4 Å². The molecule has 0 aliphatic carbocycles. The molecule has 3 rings (SSSR count). The molecule has 0 bridgehead atoms. The molecule has 1 aromatic heterocycles. The van der Waals surface area contributed by atoms with E-state index in [1.807, 2.05) is 0 Å². The molecule has 0 spiro atoms. The van der Waals surface area contributed by atoms with Gasteiger partial charge >= 0.3 is 6.03 Å². The number of likely N-dealkylation sites (tertiary alicyclic amines) is 2. The number of hydrogen-bond donors (Lipinski definition) is 1. The van der Waals surface area contributed by atoms with Crippen LogP contribution in [0.15, 0.2) is 22.8 Å². The van der Waals surface area contributed by atoms with Crippen LogP contribution < -0.4 is 5.32 Å². The third-order valence-electron chi connectivity index (χ3n) is 4.50. The number of nitrogens with one attached hydrogen (secondary N) is 1. The van der Waals surface area contributed by atoms with E-state index in [4.69, 9.17) is 4.42 Å². The molecule has 2 fully saturated rings. The minimum absolute atomic E-state index is 0.174. The molecule has 1 aromatic rings. The van der Waals surface area contributed by atoms with Crippen LogP contribution in [0.1, 0.15) is 31.4 Å². The van der Waals surface area contributed by atoms with Crippen LogP contribution in [0.25, 0.3) is 0 Å². The van der Waals surface area contributed by atoms with Gasteiger partial charge in [-0.15, -0.1) is 0 Å². The first-order chi connectivity index (χ1) is 11.1. The van der Waals surface area contributed by atoms with Crippen molar-refractivity contribution in [2.75, 3.05) is 26.2 Å². The lowest BCUT2D eigenvalue weighted by Gasteiger charge is -2.38. The van der Waals surface area contributed by atoms with Crippen molar-refractivity contribution >= 4 is 11.9 Å². The summed E-state index contributed by atoms with van der Waals surface area (Å²) in [5.41, 5.74) is -1.95. The second-order valence-electron chi connectivity index (χ2n) is 6.23. The normalized spacial score (nSPS) is 24.7. The predicted octanol–water partition coefficient (Wildman–Crippen LogP) is 1.92. The van der Waals surface area contributed by atoms with Crippen LogP contribution in [0.5, 0.6) is 0 Å². The largest absolute Gasteiger partial charge is 0.467 e. The van der Waals surface area contributed by atoms with E-state index in [2.05, 4.69) is 5.32 Å². The summed E-state index contributed by atoms with van der Waals surface area (Å²) < 4.78 is 20.3. The fraction of sp³-hybridized carbons (Fsp3) is 0.625. The van der Waals surface area contributed by atoms with Crippen molar-refractivity contribution in [3.63, 3.8) is 0 Å². The average molecular weight is 323 g/mol. The number of halogens is 1. The molecule has 23 heavy (non-hydrogen) atoms. The van der Waals surface area contributed by atoms with E-state index in [1.165, 1.54) is 11.2 Å². The summed E-state index contributed by atoms with van der Waals surface area (Å²) in [5.74, 6) is 0.175. The molecule has 0 radical (unpaired) electrons. The molecular weight excluding hydrogens is 301 g/mol. The summed E-state index contributed by atoms with van der Waals surface area (Å²) in [6, 6.07) is 3.13. The molecule has 0 saturated carbocycles. The fourth-order valence-electron chi connectivity index (χ4n) is 3.25. The zero-order valence-corrected chi connectivity index (χ0v) is 13.1. The van der Waals surface area contributed by atoms with Gasteiger partial charge in [-0.1, -0.05) is 0 Å². The first-order valence-electron chi connectivity index (χ1n) is 8.12. The third-order valence-corrected chi connectivity index (χ3v) is 4.50. The summed E-state index contributed by atoms with van der Waals surface area (Å²) in [4.78, 5) is 27.6. The molecule has 6 nitrogen and oxygen atoms in total. The van der Waals surface area contributed by atoms with Gasteiger partial charge in [-0.05, 0) is 37.8 Å². The topological polar surface area (TPSA) is 65.8 Å². The number of urea groups is 1. The zero-order valence-electron chi connectivity index (χ0n) is 13.1. The van der Waals surface area contributed by atoms with E-state index in [-0.39, 0.29) is 25.5 Å². The molecule has 1 N–H and O–H groups in total. The molecule has 7 heteroatoms. The van der Waals surface area contributed by atoms with Crippen molar-refractivity contribution in [3.8, 4) is 0 Å². The zero-order chi connectivity index (χ0) is 16.3. The minimum Gasteiger partial charge on any atom is -0.467 e. The highest BCUT2D eigenvalue weighted by molar-refractivity contribution is 5.87. The number of piperidine rings is 1. The highest BCUT2D eigenvalue weighted by Crippen LogP contribution is 2.29. The molecule has 2 aliphatic rings. The molecule has 2 aliphatic heterocycles. The van der Waals surface area contributed by atoms with Crippen molar-refractivity contribution in [1.82, 2.24) is 15.1 Å². The van der Waals surface area contributed by atoms with Crippen molar-refractivity contribution in [3.05, 3.63) is 24.2 Å². The maximum atomic E-state index is 15.1. The Balaban J connectivity index is 1.58. The molecule has 3 amide bonds. The molecular formula is C16H22FN3O3. The maximum absolute atomic E-state index is 15.1. The number of alkyl halides is 1. The van der Waals surface area contributed by atoms with Crippen LogP contribution >= 0.6 is 0 Å². The summed E-state index contributed by atoms with van der Waals surface area (Å²) in [6.07, 6.45) is 4.06. The number of carbonyl (C=O) groups is 2. The number of nitrogens with zero attached hydrogens (tertiary/aromatic N) is 2. The highest BCUT2D eigenvalue weighted by Gasteiger charge is 2.46. The lowest BCUT2D eigenvalue weighted by molar-refractivity contribution is -0.146. The summed E-state index contributed by atoms with van der Waals surface area (Å²) in [7, 11) is 0. The monoisotopic (exact) mass is 323 g/mol. The second-order valence-corrected chi connectivity index (χ2v) is 6.23. The van der Waals surface area contributed by atoms with Crippen molar-refractivity contribution in [2.45, 2.75) is 37.9 Å². The number of furan rings is 1. The van der Waals surface area contributed by atoms with Crippen molar-refractivity contribution in [1.29, 1.82) is 0 Å². The molecule has 1 unspecified atom stereocenters. The molecule has 2 saturated heterocycles. The Morgan fingerprint density at radius 3 is 2.65 bits per heavy atom. The minimum atomic E-state index is -1.95. The number of rotatable bonds is 3. The van der Waals surface area contributed by atoms with Gasteiger partial charge in [0.25, 0.3) is 5.91 Å². The van der Waals surface area contributed by atoms with Crippen LogP contribution in [0.3, 0.4) is 0 Å². The Morgan fingerprint density at radius 2 is 1.96 bits per heavy atom.